The molecular weight excluding hydrogens is 468 g/mol. The molecule has 1 aliphatic rings. The van der Waals surface area contributed by atoms with Crippen LogP contribution in [0.5, 0.6) is 5.75 Å². The first-order valence-electron chi connectivity index (χ1n) is 9.87. The van der Waals surface area contributed by atoms with Gasteiger partial charge in [-0.25, -0.2) is 16.8 Å². The van der Waals surface area contributed by atoms with Gasteiger partial charge in [-0.2, -0.15) is 4.31 Å². The van der Waals surface area contributed by atoms with Crippen LogP contribution in [0.4, 0.5) is 5.69 Å². The molecule has 0 fully saturated rings. The molecule has 1 heterocycles. The van der Waals surface area contributed by atoms with E-state index in [1.807, 2.05) is 0 Å². The molecule has 33 heavy (non-hydrogen) atoms. The molecular formula is C22H24N2O7S2. The number of benzene rings is 2. The zero-order chi connectivity index (χ0) is 24.2. The van der Waals surface area contributed by atoms with Gasteiger partial charge in [-0.05, 0) is 42.8 Å². The van der Waals surface area contributed by atoms with E-state index in [9.17, 15) is 21.6 Å². The van der Waals surface area contributed by atoms with E-state index in [1.54, 1.807) is 31.2 Å². The molecule has 2 aromatic rings. The standard InChI is InChI=1S/C22H24N2O7S2/c1-4-5-14-31-18-10-12-19(13-11-18)33(28,29)24-15-17-8-6-7-9-20(17)23(32(3,26)27)16-21(24)22(25)30-2/h6-13,21H,14-16H2,1-3H3. The number of ether oxygens (including phenoxy) is 2. The molecule has 0 bridgehead atoms. The van der Waals surface area contributed by atoms with E-state index in [0.717, 1.165) is 22.0 Å². The molecule has 1 atom stereocenters. The van der Waals surface area contributed by atoms with Crippen LogP contribution in [0.25, 0.3) is 0 Å². The van der Waals surface area contributed by atoms with Gasteiger partial charge in [0.15, 0.2) is 0 Å². The van der Waals surface area contributed by atoms with Gasteiger partial charge in [-0.3, -0.25) is 9.10 Å². The van der Waals surface area contributed by atoms with Crippen molar-refractivity contribution in [3.63, 3.8) is 0 Å². The van der Waals surface area contributed by atoms with Gasteiger partial charge in [0, 0.05) is 6.54 Å². The maximum absolute atomic E-state index is 13.6. The summed E-state index contributed by atoms with van der Waals surface area (Å²) in [7, 11) is -6.90. The minimum Gasteiger partial charge on any atom is -0.481 e. The van der Waals surface area contributed by atoms with Gasteiger partial charge in [0.25, 0.3) is 0 Å². The lowest BCUT2D eigenvalue weighted by Crippen LogP contribution is -2.50. The van der Waals surface area contributed by atoms with E-state index in [2.05, 4.69) is 11.8 Å². The van der Waals surface area contributed by atoms with Crippen molar-refractivity contribution in [1.82, 2.24) is 4.31 Å². The highest BCUT2D eigenvalue weighted by atomic mass is 32.2. The minimum atomic E-state index is -4.22. The lowest BCUT2D eigenvalue weighted by Gasteiger charge is -2.29. The van der Waals surface area contributed by atoms with E-state index in [4.69, 9.17) is 9.47 Å². The Hall–Kier alpha value is -3.07. The number of sulfonamides is 2. The lowest BCUT2D eigenvalue weighted by atomic mass is 10.2. The molecule has 0 radical (unpaired) electrons. The van der Waals surface area contributed by atoms with Crippen molar-refractivity contribution in [1.29, 1.82) is 0 Å². The summed E-state index contributed by atoms with van der Waals surface area (Å²) in [5, 5.41) is 0. The van der Waals surface area contributed by atoms with Gasteiger partial charge < -0.3 is 9.47 Å². The lowest BCUT2D eigenvalue weighted by molar-refractivity contribution is -0.144. The number of rotatable bonds is 6. The van der Waals surface area contributed by atoms with E-state index in [0.29, 0.717) is 17.0 Å². The SMILES string of the molecule is CC#CCOc1ccc(S(=O)(=O)N2Cc3ccccc3N(S(C)(=O)=O)CC2C(=O)OC)cc1. The largest absolute Gasteiger partial charge is 0.481 e. The summed E-state index contributed by atoms with van der Waals surface area (Å²) < 4.78 is 64.5. The van der Waals surface area contributed by atoms with E-state index >= 15 is 0 Å². The molecule has 3 rings (SSSR count). The summed E-state index contributed by atoms with van der Waals surface area (Å²) in [4.78, 5) is 12.6. The van der Waals surface area contributed by atoms with Crippen molar-refractivity contribution in [2.45, 2.75) is 24.4 Å². The van der Waals surface area contributed by atoms with Gasteiger partial charge in [0.1, 0.15) is 18.4 Å². The zero-order valence-electron chi connectivity index (χ0n) is 18.4. The second kappa shape index (κ2) is 9.82. The molecule has 0 aliphatic carbocycles. The number of carbonyl (C=O) groups is 1. The first kappa shape index (κ1) is 24.6. The van der Waals surface area contributed by atoms with Crippen molar-refractivity contribution >= 4 is 31.7 Å². The van der Waals surface area contributed by atoms with Crippen molar-refractivity contribution in [3.05, 3.63) is 54.1 Å². The normalized spacial score (nSPS) is 16.7. The molecule has 1 aliphatic heterocycles. The summed E-state index contributed by atoms with van der Waals surface area (Å²) >= 11 is 0. The third-order valence-corrected chi connectivity index (χ3v) is 8.08. The first-order chi connectivity index (χ1) is 15.6. The molecule has 1 unspecified atom stereocenters. The number of anilines is 1. The highest BCUT2D eigenvalue weighted by Gasteiger charge is 2.42. The molecule has 0 spiro atoms. The second-order valence-corrected chi connectivity index (χ2v) is 11.0. The number of carbonyl (C=O) groups excluding carboxylic acids is 1. The Labute approximate surface area is 194 Å². The predicted molar refractivity (Wildman–Crippen MR) is 123 cm³/mol. The summed E-state index contributed by atoms with van der Waals surface area (Å²) in [6.07, 6.45) is 1.00. The van der Waals surface area contributed by atoms with Crippen LogP contribution in [0.2, 0.25) is 0 Å². The zero-order valence-corrected chi connectivity index (χ0v) is 20.0. The molecule has 11 heteroatoms. The Morgan fingerprint density at radius 3 is 2.36 bits per heavy atom. The molecule has 0 amide bonds. The molecule has 0 aromatic heterocycles. The van der Waals surface area contributed by atoms with E-state index in [1.165, 1.54) is 24.3 Å². The molecule has 176 valence electrons. The Morgan fingerprint density at radius 1 is 1.09 bits per heavy atom. The Morgan fingerprint density at radius 2 is 1.76 bits per heavy atom. The average molecular weight is 493 g/mol. The minimum absolute atomic E-state index is 0.0735. The average Bonchev–Trinajstić information content (AvgIpc) is 2.97. The predicted octanol–water partition coefficient (Wildman–Crippen LogP) is 1.60. The first-order valence-corrected chi connectivity index (χ1v) is 13.2. The van der Waals surface area contributed by atoms with Gasteiger partial charge in [-0.15, -0.1) is 5.92 Å². The highest BCUT2D eigenvalue weighted by Crippen LogP contribution is 2.33. The molecule has 9 nitrogen and oxygen atoms in total. The molecule has 2 aromatic carbocycles. The monoisotopic (exact) mass is 492 g/mol. The van der Waals surface area contributed by atoms with Crippen LogP contribution in [-0.2, 0) is 36.1 Å². The second-order valence-electron chi connectivity index (χ2n) is 7.20. The van der Waals surface area contributed by atoms with Crippen LogP contribution in [-0.4, -0.2) is 59.7 Å². The summed E-state index contributed by atoms with van der Waals surface area (Å²) in [5.74, 6) is 5.02. The summed E-state index contributed by atoms with van der Waals surface area (Å²) in [6, 6.07) is 10.8. The van der Waals surface area contributed by atoms with Gasteiger partial charge >= 0.3 is 5.97 Å². The maximum atomic E-state index is 13.6. The number of methoxy groups -OCH3 is 1. The maximum Gasteiger partial charge on any atom is 0.326 e. The number of esters is 1. The van der Waals surface area contributed by atoms with Gasteiger partial charge in [0.05, 0.1) is 30.5 Å². The van der Waals surface area contributed by atoms with Crippen LogP contribution in [0, 0.1) is 11.8 Å². The van der Waals surface area contributed by atoms with Gasteiger partial charge in [0.2, 0.25) is 20.0 Å². The van der Waals surface area contributed by atoms with E-state index in [-0.39, 0.29) is 18.0 Å². The molecule has 0 saturated heterocycles. The number of nitrogens with zero attached hydrogens (tertiary/aromatic N) is 2. The summed E-state index contributed by atoms with van der Waals surface area (Å²) in [5.41, 5.74) is 0.753. The smallest absolute Gasteiger partial charge is 0.326 e. The fourth-order valence-corrected chi connectivity index (χ4v) is 5.94. The third kappa shape index (κ3) is 5.30. The van der Waals surface area contributed by atoms with Crippen LogP contribution in [0.3, 0.4) is 0 Å². The van der Waals surface area contributed by atoms with Crippen LogP contribution < -0.4 is 9.04 Å². The Balaban J connectivity index is 2.06. The fourth-order valence-electron chi connectivity index (χ4n) is 3.44. The van der Waals surface area contributed by atoms with Crippen LogP contribution in [0.1, 0.15) is 12.5 Å². The molecule has 0 N–H and O–H groups in total. The van der Waals surface area contributed by atoms with E-state index < -0.39 is 38.6 Å². The van der Waals surface area contributed by atoms with Crippen molar-refractivity contribution in [2.75, 3.05) is 30.8 Å². The fraction of sp³-hybridized carbons (Fsp3) is 0.318. The number of fused-ring (bicyclic) bond motifs is 1. The highest BCUT2D eigenvalue weighted by molar-refractivity contribution is 7.92. The quantitative estimate of drug-likeness (QED) is 0.445. The number of hydrogen-bond donors (Lipinski definition) is 0. The Bertz CT molecular complexity index is 1290. The van der Waals surface area contributed by atoms with Crippen molar-refractivity contribution in [2.24, 2.45) is 0 Å². The molecule has 0 saturated carbocycles. The van der Waals surface area contributed by atoms with Crippen molar-refractivity contribution in [3.8, 4) is 17.6 Å². The Kier molecular flexibility index (Phi) is 7.31. The van der Waals surface area contributed by atoms with Crippen LogP contribution >= 0.6 is 0 Å². The summed E-state index contributed by atoms with van der Waals surface area (Å²) in [6.45, 7) is 1.21. The van der Waals surface area contributed by atoms with Crippen molar-refractivity contribution < 1.29 is 31.1 Å². The van der Waals surface area contributed by atoms with Crippen LogP contribution in [0.15, 0.2) is 53.4 Å². The third-order valence-electron chi connectivity index (χ3n) is 5.06. The van der Waals surface area contributed by atoms with Gasteiger partial charge in [-0.1, -0.05) is 24.1 Å². The number of hydrogen-bond acceptors (Lipinski definition) is 7. The topological polar surface area (TPSA) is 110 Å². The number of para-hydroxylation sites is 1.